The van der Waals surface area contributed by atoms with Gasteiger partial charge in [0.2, 0.25) is 15.9 Å². The lowest BCUT2D eigenvalue weighted by Crippen LogP contribution is -2.44. The molecule has 1 atom stereocenters. The first-order valence-electron chi connectivity index (χ1n) is 8.38. The van der Waals surface area contributed by atoms with Crippen LogP contribution in [0.5, 0.6) is 11.5 Å². The minimum atomic E-state index is -3.58. The predicted molar refractivity (Wildman–Crippen MR) is 105 cm³/mol. The van der Waals surface area contributed by atoms with Crippen molar-refractivity contribution in [3.8, 4) is 11.5 Å². The molecule has 0 aromatic heterocycles. The number of methoxy groups -OCH3 is 1. The van der Waals surface area contributed by atoms with E-state index in [4.69, 9.17) is 9.47 Å². The molecular weight excluding hydrogens is 368 g/mol. The van der Waals surface area contributed by atoms with Gasteiger partial charge in [0.05, 0.1) is 25.1 Å². The third-order valence-corrected chi connectivity index (χ3v) is 4.84. The highest BCUT2D eigenvalue weighted by molar-refractivity contribution is 7.92. The first-order valence-corrected chi connectivity index (χ1v) is 10.2. The fourth-order valence-corrected chi connectivity index (χ4v) is 3.24. The average molecular weight is 392 g/mol. The summed E-state index contributed by atoms with van der Waals surface area (Å²) in [5, 5.41) is 2.75. The third kappa shape index (κ3) is 6.49. The Morgan fingerprint density at radius 1 is 1.07 bits per heavy atom. The Morgan fingerprint density at radius 2 is 1.67 bits per heavy atom. The number of carbonyl (C=O) groups excluding carboxylic acids is 1. The molecule has 0 aliphatic heterocycles. The number of carbonyl (C=O) groups is 1. The van der Waals surface area contributed by atoms with Crippen molar-refractivity contribution in [2.45, 2.75) is 13.0 Å². The Kier molecular flexibility index (Phi) is 7.06. The van der Waals surface area contributed by atoms with E-state index in [1.54, 1.807) is 68.6 Å². The molecular formula is C19H24N2O5S. The third-order valence-electron chi connectivity index (χ3n) is 3.70. The van der Waals surface area contributed by atoms with Gasteiger partial charge in [-0.25, -0.2) is 8.42 Å². The fourth-order valence-electron chi connectivity index (χ4n) is 2.38. The Morgan fingerprint density at radius 3 is 2.22 bits per heavy atom. The number of amides is 1. The van der Waals surface area contributed by atoms with Gasteiger partial charge >= 0.3 is 0 Å². The number of sulfonamides is 1. The molecule has 146 valence electrons. The minimum Gasteiger partial charge on any atom is -0.497 e. The van der Waals surface area contributed by atoms with E-state index in [1.807, 2.05) is 0 Å². The predicted octanol–water partition coefficient (Wildman–Crippen LogP) is 2.04. The summed E-state index contributed by atoms with van der Waals surface area (Å²) >= 11 is 0. The molecule has 0 radical (unpaired) electrons. The van der Waals surface area contributed by atoms with Crippen molar-refractivity contribution in [1.82, 2.24) is 5.32 Å². The molecule has 8 heteroatoms. The van der Waals surface area contributed by atoms with Gasteiger partial charge < -0.3 is 14.8 Å². The van der Waals surface area contributed by atoms with Gasteiger partial charge in [-0.2, -0.15) is 0 Å². The molecule has 0 spiro atoms. The zero-order valence-corrected chi connectivity index (χ0v) is 16.4. The van der Waals surface area contributed by atoms with Crippen molar-refractivity contribution in [3.05, 3.63) is 54.6 Å². The Hall–Kier alpha value is -2.74. The van der Waals surface area contributed by atoms with Crippen molar-refractivity contribution >= 4 is 21.6 Å². The van der Waals surface area contributed by atoms with Crippen LogP contribution in [0.3, 0.4) is 0 Å². The maximum atomic E-state index is 12.3. The van der Waals surface area contributed by atoms with Crippen LogP contribution >= 0.6 is 0 Å². The van der Waals surface area contributed by atoms with E-state index in [1.165, 1.54) is 0 Å². The van der Waals surface area contributed by atoms with Gasteiger partial charge in [0, 0.05) is 0 Å². The Balaban J connectivity index is 1.90. The second kappa shape index (κ2) is 9.27. The second-order valence-corrected chi connectivity index (χ2v) is 7.97. The monoisotopic (exact) mass is 392 g/mol. The highest BCUT2D eigenvalue weighted by Gasteiger charge is 2.21. The molecule has 0 saturated heterocycles. The van der Waals surface area contributed by atoms with Crippen molar-refractivity contribution in [2.24, 2.45) is 0 Å². The number of benzene rings is 2. The van der Waals surface area contributed by atoms with Crippen LogP contribution in [0.2, 0.25) is 0 Å². The van der Waals surface area contributed by atoms with Crippen molar-refractivity contribution in [3.63, 3.8) is 0 Å². The van der Waals surface area contributed by atoms with Crippen molar-refractivity contribution in [1.29, 1.82) is 0 Å². The maximum absolute atomic E-state index is 12.3. The fraction of sp³-hybridized carbons (Fsp3) is 0.316. The highest BCUT2D eigenvalue weighted by atomic mass is 32.2. The molecule has 0 aliphatic rings. The van der Waals surface area contributed by atoms with E-state index in [9.17, 15) is 13.2 Å². The number of nitrogens with one attached hydrogen (secondary N) is 1. The van der Waals surface area contributed by atoms with Crippen LogP contribution in [-0.2, 0) is 14.8 Å². The van der Waals surface area contributed by atoms with Gasteiger partial charge in [-0.05, 0) is 43.3 Å². The van der Waals surface area contributed by atoms with Crippen molar-refractivity contribution < 1.29 is 22.7 Å². The van der Waals surface area contributed by atoms with Crippen LogP contribution in [-0.4, -0.2) is 46.9 Å². The van der Waals surface area contributed by atoms with Gasteiger partial charge in [0.15, 0.2) is 0 Å². The zero-order valence-electron chi connectivity index (χ0n) is 15.6. The normalized spacial score (nSPS) is 12.1. The highest BCUT2D eigenvalue weighted by Crippen LogP contribution is 2.17. The lowest BCUT2D eigenvalue weighted by Gasteiger charge is -2.23. The number of nitrogens with zero attached hydrogens (tertiary/aromatic N) is 1. The number of hydrogen-bond donors (Lipinski definition) is 1. The summed E-state index contributed by atoms with van der Waals surface area (Å²) in [6, 6.07) is 15.3. The van der Waals surface area contributed by atoms with E-state index >= 15 is 0 Å². The molecule has 0 aliphatic carbocycles. The molecule has 7 nitrogen and oxygen atoms in total. The summed E-state index contributed by atoms with van der Waals surface area (Å²) in [5.74, 6) is 0.972. The summed E-state index contributed by atoms with van der Waals surface area (Å²) < 4.78 is 35.8. The molecule has 0 heterocycles. The van der Waals surface area contributed by atoms with Crippen LogP contribution in [0.1, 0.15) is 6.92 Å². The lowest BCUT2D eigenvalue weighted by molar-refractivity contribution is -0.120. The maximum Gasteiger partial charge on any atom is 0.241 e. The molecule has 1 N–H and O–H groups in total. The number of para-hydroxylation sites is 1. The number of anilines is 1. The smallest absolute Gasteiger partial charge is 0.241 e. The Labute approximate surface area is 160 Å². The summed E-state index contributed by atoms with van der Waals surface area (Å²) in [4.78, 5) is 12.3. The molecule has 0 saturated carbocycles. The standard InChI is InChI=1S/C19H24N2O5S/c1-15(14-26-18-11-9-17(25-2)10-12-18)20-19(22)13-21(27(3,23)24)16-7-5-4-6-8-16/h4-12,15H,13-14H2,1-3H3,(H,20,22)/t15-/m1/s1. The van der Waals surface area contributed by atoms with E-state index in [0.29, 0.717) is 11.4 Å². The molecule has 27 heavy (non-hydrogen) atoms. The summed E-state index contributed by atoms with van der Waals surface area (Å²) in [6.45, 7) is 1.74. The van der Waals surface area contributed by atoms with Gasteiger partial charge in [-0.3, -0.25) is 9.10 Å². The van der Waals surface area contributed by atoms with Crippen LogP contribution in [0.4, 0.5) is 5.69 Å². The van der Waals surface area contributed by atoms with Crippen molar-refractivity contribution in [2.75, 3.05) is 30.8 Å². The largest absolute Gasteiger partial charge is 0.497 e. The zero-order chi connectivity index (χ0) is 19.9. The average Bonchev–Trinajstić information content (AvgIpc) is 2.64. The van der Waals surface area contributed by atoms with Gasteiger partial charge in [0.1, 0.15) is 24.7 Å². The number of hydrogen-bond acceptors (Lipinski definition) is 5. The second-order valence-electron chi connectivity index (χ2n) is 6.06. The lowest BCUT2D eigenvalue weighted by atomic mass is 10.3. The Bertz CT molecular complexity index is 838. The van der Waals surface area contributed by atoms with Crippen LogP contribution in [0.25, 0.3) is 0 Å². The molecule has 1 amide bonds. The molecule has 2 rings (SSSR count). The topological polar surface area (TPSA) is 84.9 Å². The van der Waals surface area contributed by atoms with E-state index < -0.39 is 15.9 Å². The summed E-state index contributed by atoms with van der Waals surface area (Å²) in [7, 11) is -2.00. The molecule has 2 aromatic rings. The molecule has 0 bridgehead atoms. The first kappa shape index (κ1) is 20.6. The first-order chi connectivity index (χ1) is 12.8. The summed E-state index contributed by atoms with van der Waals surface area (Å²) in [5.41, 5.74) is 0.442. The molecule has 2 aromatic carbocycles. The van der Waals surface area contributed by atoms with Gasteiger partial charge in [-0.15, -0.1) is 0 Å². The van der Waals surface area contributed by atoms with Crippen LogP contribution in [0, 0.1) is 0 Å². The van der Waals surface area contributed by atoms with E-state index in [2.05, 4.69) is 5.32 Å². The van der Waals surface area contributed by atoms with Gasteiger partial charge in [0.25, 0.3) is 0 Å². The molecule has 0 unspecified atom stereocenters. The number of rotatable bonds is 9. The van der Waals surface area contributed by atoms with E-state index in [-0.39, 0.29) is 19.2 Å². The quantitative estimate of drug-likeness (QED) is 0.706. The van der Waals surface area contributed by atoms with Gasteiger partial charge in [-0.1, -0.05) is 18.2 Å². The van der Waals surface area contributed by atoms with Crippen LogP contribution < -0.4 is 19.1 Å². The SMILES string of the molecule is COc1ccc(OC[C@@H](C)NC(=O)CN(c2ccccc2)S(C)(=O)=O)cc1. The van der Waals surface area contributed by atoms with E-state index in [0.717, 1.165) is 16.3 Å². The van der Waals surface area contributed by atoms with Crippen LogP contribution in [0.15, 0.2) is 54.6 Å². The summed E-state index contributed by atoms with van der Waals surface area (Å²) in [6.07, 6.45) is 1.07. The number of ether oxygens (including phenoxy) is 2. The minimum absolute atomic E-state index is 0.252. The molecule has 0 fully saturated rings.